The number of phenols is 2. The van der Waals surface area contributed by atoms with Crippen molar-refractivity contribution in [1.82, 2.24) is 0 Å². The fourth-order valence-electron chi connectivity index (χ4n) is 4.20. The molecule has 0 aliphatic heterocycles. The summed E-state index contributed by atoms with van der Waals surface area (Å²) in [5.41, 5.74) is 3.94. The zero-order valence-corrected chi connectivity index (χ0v) is 12.5. The second-order valence-corrected chi connectivity index (χ2v) is 6.59. The van der Waals surface area contributed by atoms with Gasteiger partial charge < -0.3 is 10.2 Å². The van der Waals surface area contributed by atoms with Gasteiger partial charge in [-0.1, -0.05) is 30.3 Å². The third kappa shape index (κ3) is 2.02. The summed E-state index contributed by atoms with van der Waals surface area (Å²) < 4.78 is 0. The zero-order chi connectivity index (χ0) is 15.2. The quantitative estimate of drug-likeness (QED) is 0.847. The van der Waals surface area contributed by atoms with Gasteiger partial charge in [-0.15, -0.1) is 0 Å². The van der Waals surface area contributed by atoms with E-state index in [4.69, 9.17) is 0 Å². The van der Waals surface area contributed by atoms with E-state index >= 15 is 0 Å². The second-order valence-electron chi connectivity index (χ2n) is 6.59. The van der Waals surface area contributed by atoms with E-state index in [1.54, 1.807) is 24.3 Å². The highest BCUT2D eigenvalue weighted by molar-refractivity contribution is 5.77. The van der Waals surface area contributed by atoms with Crippen LogP contribution in [0.1, 0.15) is 36.8 Å². The lowest BCUT2D eigenvalue weighted by Crippen LogP contribution is -2.37. The number of allylic oxidation sites excluding steroid dienone is 2. The van der Waals surface area contributed by atoms with Crippen LogP contribution < -0.4 is 0 Å². The maximum absolute atomic E-state index is 9.59. The van der Waals surface area contributed by atoms with Gasteiger partial charge in [-0.25, -0.2) is 0 Å². The van der Waals surface area contributed by atoms with Gasteiger partial charge in [-0.2, -0.15) is 0 Å². The number of rotatable bonds is 2. The predicted molar refractivity (Wildman–Crippen MR) is 87.8 cm³/mol. The number of fused-ring (bicyclic) bond motifs is 2. The third-order valence-corrected chi connectivity index (χ3v) is 5.40. The normalized spacial score (nSPS) is 26.7. The van der Waals surface area contributed by atoms with Gasteiger partial charge in [-0.05, 0) is 72.6 Å². The summed E-state index contributed by atoms with van der Waals surface area (Å²) in [7, 11) is 0. The molecule has 112 valence electrons. The minimum atomic E-state index is 0.0550. The Morgan fingerprint density at radius 2 is 1.32 bits per heavy atom. The number of aromatic hydroxyl groups is 2. The van der Waals surface area contributed by atoms with E-state index < -0.39 is 0 Å². The Kier molecular flexibility index (Phi) is 3.00. The maximum Gasteiger partial charge on any atom is 0.115 e. The van der Waals surface area contributed by atoms with Gasteiger partial charge in [0.15, 0.2) is 0 Å². The van der Waals surface area contributed by atoms with Crippen LogP contribution in [0.15, 0.2) is 54.6 Å². The molecule has 5 rings (SSSR count). The molecule has 2 bridgehead atoms. The van der Waals surface area contributed by atoms with E-state index in [0.29, 0.717) is 17.4 Å². The Hall–Kier alpha value is -2.22. The lowest BCUT2D eigenvalue weighted by atomic mass is 9.56. The summed E-state index contributed by atoms with van der Waals surface area (Å²) >= 11 is 0. The minimum absolute atomic E-state index is 0.0550. The molecule has 2 aromatic carbocycles. The first-order valence-corrected chi connectivity index (χ1v) is 7.99. The molecule has 2 aromatic rings. The van der Waals surface area contributed by atoms with Gasteiger partial charge in [0.1, 0.15) is 11.5 Å². The van der Waals surface area contributed by atoms with Gasteiger partial charge in [0, 0.05) is 5.41 Å². The smallest absolute Gasteiger partial charge is 0.115 e. The van der Waals surface area contributed by atoms with Crippen LogP contribution in [0, 0.1) is 5.92 Å². The van der Waals surface area contributed by atoms with Gasteiger partial charge in [0.25, 0.3) is 0 Å². The molecule has 0 heterocycles. The molecule has 3 aliphatic rings. The van der Waals surface area contributed by atoms with Crippen molar-refractivity contribution < 1.29 is 10.2 Å². The van der Waals surface area contributed by atoms with Crippen LogP contribution in [-0.2, 0) is 5.41 Å². The molecular weight excluding hydrogens is 272 g/mol. The van der Waals surface area contributed by atoms with Crippen molar-refractivity contribution in [3.8, 4) is 11.5 Å². The number of hydrogen-bond acceptors (Lipinski definition) is 2. The first-order chi connectivity index (χ1) is 10.7. The molecular formula is C20H20O2. The van der Waals surface area contributed by atoms with Gasteiger partial charge in [0.2, 0.25) is 0 Å². The van der Waals surface area contributed by atoms with E-state index in [2.05, 4.69) is 18.2 Å². The third-order valence-electron chi connectivity index (χ3n) is 5.40. The van der Waals surface area contributed by atoms with Crippen LogP contribution in [0.5, 0.6) is 11.5 Å². The maximum atomic E-state index is 9.59. The summed E-state index contributed by atoms with van der Waals surface area (Å²) in [5, 5.41) is 19.1. The summed E-state index contributed by atoms with van der Waals surface area (Å²) in [6, 6.07) is 15.3. The fourth-order valence-corrected chi connectivity index (χ4v) is 4.20. The zero-order valence-electron chi connectivity index (χ0n) is 12.5. The number of hydrogen-bond donors (Lipinski definition) is 2. The van der Waals surface area contributed by atoms with Crippen molar-refractivity contribution in [2.75, 3.05) is 0 Å². The minimum Gasteiger partial charge on any atom is -0.508 e. The summed E-state index contributed by atoms with van der Waals surface area (Å²) in [6.45, 7) is 0. The van der Waals surface area contributed by atoms with Crippen LogP contribution >= 0.6 is 0 Å². The molecule has 2 nitrogen and oxygen atoms in total. The van der Waals surface area contributed by atoms with Crippen LogP contribution in [0.25, 0.3) is 5.57 Å². The fraction of sp³-hybridized carbons (Fsp3) is 0.300. The SMILES string of the molecule is Oc1ccc(C2=CC3CCC2(c2ccc(O)cc2)CC3)cc1. The summed E-state index contributed by atoms with van der Waals surface area (Å²) in [6.07, 6.45) is 7.24. The molecule has 2 N–H and O–H groups in total. The van der Waals surface area contributed by atoms with E-state index in [1.165, 1.54) is 29.5 Å². The Morgan fingerprint density at radius 3 is 1.91 bits per heavy atom. The van der Waals surface area contributed by atoms with Crippen LogP contribution in [0.3, 0.4) is 0 Å². The van der Waals surface area contributed by atoms with Crippen LogP contribution in [0.2, 0.25) is 0 Å². The van der Waals surface area contributed by atoms with E-state index in [9.17, 15) is 10.2 Å². The van der Waals surface area contributed by atoms with Crippen molar-refractivity contribution in [3.63, 3.8) is 0 Å². The van der Waals surface area contributed by atoms with Crippen molar-refractivity contribution in [2.45, 2.75) is 31.1 Å². The monoisotopic (exact) mass is 292 g/mol. The van der Waals surface area contributed by atoms with Crippen LogP contribution in [-0.4, -0.2) is 10.2 Å². The molecule has 0 amide bonds. The highest BCUT2D eigenvalue weighted by atomic mass is 16.3. The van der Waals surface area contributed by atoms with Crippen molar-refractivity contribution in [3.05, 3.63) is 65.7 Å². The van der Waals surface area contributed by atoms with Gasteiger partial charge in [0.05, 0.1) is 0 Å². The predicted octanol–water partition coefficient (Wildman–Crippen LogP) is 4.62. The van der Waals surface area contributed by atoms with E-state index in [-0.39, 0.29) is 5.41 Å². The number of phenolic OH excluding ortho intramolecular Hbond substituents is 2. The Morgan fingerprint density at radius 1 is 0.773 bits per heavy atom. The molecule has 1 saturated carbocycles. The molecule has 0 aromatic heterocycles. The highest BCUT2D eigenvalue weighted by Crippen LogP contribution is 2.55. The molecule has 2 heteroatoms. The second kappa shape index (κ2) is 4.91. The van der Waals surface area contributed by atoms with E-state index in [1.807, 2.05) is 12.1 Å². The highest BCUT2D eigenvalue weighted by Gasteiger charge is 2.44. The molecule has 3 aliphatic carbocycles. The van der Waals surface area contributed by atoms with Crippen LogP contribution in [0.4, 0.5) is 0 Å². The van der Waals surface area contributed by atoms with Crippen molar-refractivity contribution in [1.29, 1.82) is 0 Å². The Bertz CT molecular complexity index is 702. The summed E-state index contributed by atoms with van der Waals surface area (Å²) in [4.78, 5) is 0. The molecule has 0 spiro atoms. The van der Waals surface area contributed by atoms with Gasteiger partial charge >= 0.3 is 0 Å². The lowest BCUT2D eigenvalue weighted by Gasteiger charge is -2.47. The number of benzene rings is 2. The average molecular weight is 292 g/mol. The first-order valence-electron chi connectivity index (χ1n) is 7.99. The standard InChI is InChI=1S/C20H20O2/c21-17-5-1-15(2-6-17)19-13-14-9-11-20(19,12-10-14)16-3-7-18(22)8-4-16/h1-8,13-14,21-22H,9-12H2. The van der Waals surface area contributed by atoms with Gasteiger partial charge in [-0.3, -0.25) is 0 Å². The molecule has 0 saturated heterocycles. The Balaban J connectivity index is 1.84. The topological polar surface area (TPSA) is 40.5 Å². The van der Waals surface area contributed by atoms with E-state index in [0.717, 1.165) is 12.8 Å². The van der Waals surface area contributed by atoms with Crippen molar-refractivity contribution in [2.24, 2.45) is 5.92 Å². The summed E-state index contributed by atoms with van der Waals surface area (Å²) in [5.74, 6) is 1.31. The molecule has 0 unspecified atom stereocenters. The Labute approximate surface area is 130 Å². The average Bonchev–Trinajstić information content (AvgIpc) is 2.57. The first kappa shape index (κ1) is 13.4. The molecule has 1 fully saturated rings. The lowest BCUT2D eigenvalue weighted by molar-refractivity contribution is 0.294. The molecule has 0 atom stereocenters. The molecule has 22 heavy (non-hydrogen) atoms. The largest absolute Gasteiger partial charge is 0.508 e. The molecule has 0 radical (unpaired) electrons. The van der Waals surface area contributed by atoms with Crippen molar-refractivity contribution >= 4 is 5.57 Å².